The smallest absolute Gasteiger partial charge is 0.0130 e. The van der Waals surface area contributed by atoms with Gasteiger partial charge in [0.05, 0.1) is 0 Å². The zero-order chi connectivity index (χ0) is 40.4. The molecule has 0 fully saturated rings. The molecule has 54 heavy (non-hydrogen) atoms. The van der Waals surface area contributed by atoms with Gasteiger partial charge < -0.3 is 0 Å². The van der Waals surface area contributed by atoms with Crippen molar-refractivity contribution in [3.8, 4) is 0 Å². The van der Waals surface area contributed by atoms with Crippen LogP contribution >= 0.6 is 0 Å². The zero-order valence-electron chi connectivity index (χ0n) is 39.1. The van der Waals surface area contributed by atoms with E-state index in [0.717, 1.165) is 11.8 Å². The Morgan fingerprint density at radius 1 is 0.407 bits per heavy atom. The molecule has 326 valence electrons. The summed E-state index contributed by atoms with van der Waals surface area (Å²) >= 11 is 0. The van der Waals surface area contributed by atoms with Crippen LogP contribution in [0.1, 0.15) is 279 Å². The van der Waals surface area contributed by atoms with Gasteiger partial charge in [0.25, 0.3) is 0 Å². The number of hydrazine groups is 1. The molecule has 1 N–H and O–H groups in total. The number of allylic oxidation sites excluding steroid dienone is 1. The lowest BCUT2D eigenvalue weighted by Crippen LogP contribution is -2.36. The van der Waals surface area contributed by atoms with Crippen molar-refractivity contribution in [2.24, 2.45) is 11.8 Å². The average Bonchev–Trinajstić information content (AvgIpc) is 3.19. The second-order valence-corrected chi connectivity index (χ2v) is 17.2. The molecule has 0 aliphatic rings. The molecule has 0 saturated carbocycles. The predicted octanol–water partition coefficient (Wildman–Crippen LogP) is 18.6. The molecular formula is C52H108N2. The standard InChI is InChI=1S/C36H74N2.C14H30.C2H4/c1-5-7-9-11-13-18-22-26-30-34-38(37-4)35-31-27-23-19-16-15-17-21-25-29-33-36(3)32-28-24-20-14-12-10-8-6-2;1-4-6-7-8-9-10-11-12-13-14(3)5-2;1-2/h5,36-37H,1,6-35H2,2-4H3;14H,4-13H2,1-3H3;1-2H2. The monoisotopic (exact) mass is 761 g/mol. The lowest BCUT2D eigenvalue weighted by atomic mass is 9.95. The highest BCUT2D eigenvalue weighted by molar-refractivity contribution is 4.65. The van der Waals surface area contributed by atoms with E-state index >= 15 is 0 Å². The average molecular weight is 761 g/mol. The van der Waals surface area contributed by atoms with Crippen LogP contribution in [0.4, 0.5) is 0 Å². The first-order chi connectivity index (χ1) is 26.5. The Kier molecular flexibility index (Phi) is 58.3. The van der Waals surface area contributed by atoms with Crippen LogP contribution in [0.5, 0.6) is 0 Å². The van der Waals surface area contributed by atoms with Crippen molar-refractivity contribution in [3.63, 3.8) is 0 Å². The van der Waals surface area contributed by atoms with Crippen LogP contribution in [-0.2, 0) is 0 Å². The minimum absolute atomic E-state index is 0.954. The first kappa shape index (κ1) is 57.7. The third-order valence-corrected chi connectivity index (χ3v) is 11.8. The summed E-state index contributed by atoms with van der Waals surface area (Å²) in [6.45, 7) is 24.0. The van der Waals surface area contributed by atoms with Crippen molar-refractivity contribution in [2.75, 3.05) is 20.1 Å². The Morgan fingerprint density at radius 2 is 0.685 bits per heavy atom. The van der Waals surface area contributed by atoms with Gasteiger partial charge in [-0.25, -0.2) is 5.01 Å². The van der Waals surface area contributed by atoms with Crippen molar-refractivity contribution in [3.05, 3.63) is 25.8 Å². The van der Waals surface area contributed by atoms with Gasteiger partial charge in [0.1, 0.15) is 0 Å². The zero-order valence-corrected chi connectivity index (χ0v) is 39.1. The third kappa shape index (κ3) is 53.5. The second kappa shape index (κ2) is 54.5. The van der Waals surface area contributed by atoms with Gasteiger partial charge in [-0.1, -0.05) is 259 Å². The van der Waals surface area contributed by atoms with Gasteiger partial charge >= 0.3 is 0 Å². The van der Waals surface area contributed by atoms with Gasteiger partial charge in [0.15, 0.2) is 0 Å². The number of nitrogens with zero attached hydrogens (tertiary/aromatic N) is 1. The fourth-order valence-electron chi connectivity index (χ4n) is 7.62. The maximum absolute atomic E-state index is 3.81. The molecule has 0 aromatic carbocycles. The molecule has 0 aromatic rings. The molecule has 2 heteroatoms. The maximum Gasteiger partial charge on any atom is 0.0130 e. The van der Waals surface area contributed by atoms with Crippen molar-refractivity contribution in [1.29, 1.82) is 0 Å². The Labute approximate surface area is 345 Å². The summed E-state index contributed by atoms with van der Waals surface area (Å²) in [5.74, 6) is 1.91. The van der Waals surface area contributed by atoms with Crippen LogP contribution in [0.2, 0.25) is 0 Å². The fraction of sp³-hybridized carbons (Fsp3) is 0.923. The molecule has 2 nitrogen and oxygen atoms in total. The van der Waals surface area contributed by atoms with E-state index in [9.17, 15) is 0 Å². The van der Waals surface area contributed by atoms with E-state index in [-0.39, 0.29) is 0 Å². The number of rotatable bonds is 43. The van der Waals surface area contributed by atoms with E-state index in [1.54, 1.807) is 0 Å². The summed E-state index contributed by atoms with van der Waals surface area (Å²) in [7, 11) is 2.09. The predicted molar refractivity (Wildman–Crippen MR) is 253 cm³/mol. The van der Waals surface area contributed by atoms with Gasteiger partial charge in [-0.15, -0.1) is 19.7 Å². The molecule has 0 bridgehead atoms. The van der Waals surface area contributed by atoms with Crippen LogP contribution in [0.3, 0.4) is 0 Å². The fourth-order valence-corrected chi connectivity index (χ4v) is 7.62. The van der Waals surface area contributed by atoms with Crippen molar-refractivity contribution in [2.45, 2.75) is 279 Å². The van der Waals surface area contributed by atoms with E-state index in [2.05, 4.69) is 77.9 Å². The molecule has 0 heterocycles. The van der Waals surface area contributed by atoms with E-state index in [1.165, 1.54) is 257 Å². The summed E-state index contributed by atoms with van der Waals surface area (Å²) < 4.78 is 0. The molecule has 2 atom stereocenters. The van der Waals surface area contributed by atoms with Gasteiger partial charge in [0.2, 0.25) is 0 Å². The van der Waals surface area contributed by atoms with Crippen LogP contribution in [0.25, 0.3) is 0 Å². The molecular weight excluding hydrogens is 653 g/mol. The molecule has 0 radical (unpaired) electrons. The largest absolute Gasteiger partial charge is 0.258 e. The lowest BCUT2D eigenvalue weighted by Gasteiger charge is -2.20. The van der Waals surface area contributed by atoms with Crippen LogP contribution in [0, 0.1) is 11.8 Å². The second-order valence-electron chi connectivity index (χ2n) is 17.2. The minimum atomic E-state index is 0.954. The first-order valence-corrected chi connectivity index (χ1v) is 25.1. The normalized spacial score (nSPS) is 12.2. The van der Waals surface area contributed by atoms with E-state index in [1.807, 2.05) is 0 Å². The van der Waals surface area contributed by atoms with Gasteiger partial charge in [-0.05, 0) is 44.6 Å². The van der Waals surface area contributed by atoms with Crippen molar-refractivity contribution < 1.29 is 0 Å². The summed E-state index contributed by atoms with van der Waals surface area (Å²) in [6, 6.07) is 0. The maximum atomic E-state index is 3.81. The molecule has 0 saturated heterocycles. The van der Waals surface area contributed by atoms with Crippen LogP contribution in [0.15, 0.2) is 25.8 Å². The molecule has 2 unspecified atom stereocenters. The summed E-state index contributed by atoms with van der Waals surface area (Å²) in [5.41, 5.74) is 3.42. The summed E-state index contributed by atoms with van der Waals surface area (Å²) in [4.78, 5) is 0. The Morgan fingerprint density at radius 3 is 0.981 bits per heavy atom. The summed E-state index contributed by atoms with van der Waals surface area (Å²) in [6.07, 6.45) is 56.3. The first-order valence-electron chi connectivity index (χ1n) is 25.1. The quantitative estimate of drug-likeness (QED) is 0.0378. The Bertz CT molecular complexity index is 632. The highest BCUT2D eigenvalue weighted by Crippen LogP contribution is 2.19. The van der Waals surface area contributed by atoms with E-state index < -0.39 is 0 Å². The number of unbranched alkanes of at least 4 members (excludes halogenated alkanes) is 30. The number of hydrogen-bond donors (Lipinski definition) is 1. The van der Waals surface area contributed by atoms with Gasteiger partial charge in [-0.3, -0.25) is 5.43 Å². The minimum Gasteiger partial charge on any atom is -0.258 e. The molecule has 0 aliphatic heterocycles. The Hall–Kier alpha value is -0.600. The molecule has 0 spiro atoms. The van der Waals surface area contributed by atoms with Crippen molar-refractivity contribution >= 4 is 0 Å². The van der Waals surface area contributed by atoms with E-state index in [4.69, 9.17) is 0 Å². The SMILES string of the molecule is C=C.C=CCCCCCCCCCN(CCCCCCCCCCCCC(C)CCCCCCCCCC)NC.CCCCCCCCCCC(C)CC. The van der Waals surface area contributed by atoms with Crippen LogP contribution in [-0.4, -0.2) is 25.1 Å². The Balaban J connectivity index is -0.00000135. The molecule has 0 amide bonds. The molecule has 0 rings (SSSR count). The lowest BCUT2D eigenvalue weighted by molar-refractivity contribution is 0.198. The number of hydrogen-bond acceptors (Lipinski definition) is 2. The van der Waals surface area contributed by atoms with Gasteiger partial charge in [0, 0.05) is 13.1 Å². The summed E-state index contributed by atoms with van der Waals surface area (Å²) in [5, 5.41) is 2.44. The molecule has 0 aromatic heterocycles. The highest BCUT2D eigenvalue weighted by atomic mass is 15.5. The third-order valence-electron chi connectivity index (χ3n) is 11.8. The number of nitrogens with one attached hydrogen (secondary N) is 1. The topological polar surface area (TPSA) is 15.3 Å². The van der Waals surface area contributed by atoms with Crippen LogP contribution < -0.4 is 5.43 Å². The molecule has 0 aliphatic carbocycles. The van der Waals surface area contributed by atoms with E-state index in [0.29, 0.717) is 0 Å². The van der Waals surface area contributed by atoms with Gasteiger partial charge in [-0.2, -0.15) is 0 Å². The highest BCUT2D eigenvalue weighted by Gasteiger charge is 2.04. The van der Waals surface area contributed by atoms with Crippen molar-refractivity contribution in [1.82, 2.24) is 10.4 Å².